The summed E-state index contributed by atoms with van der Waals surface area (Å²) in [5.74, 6) is -0.854. The molecule has 0 aromatic heterocycles. The van der Waals surface area contributed by atoms with Crippen LogP contribution in [-0.4, -0.2) is 19.2 Å². The van der Waals surface area contributed by atoms with Gasteiger partial charge in [0, 0.05) is 5.56 Å². The Hall–Kier alpha value is -1.87. The van der Waals surface area contributed by atoms with Crippen molar-refractivity contribution in [1.29, 1.82) is 5.26 Å². The van der Waals surface area contributed by atoms with Crippen LogP contribution in [0.15, 0.2) is 12.1 Å². The summed E-state index contributed by atoms with van der Waals surface area (Å²) in [6.45, 7) is -1.19. The van der Waals surface area contributed by atoms with Gasteiger partial charge in [-0.05, 0) is 24.6 Å². The zero-order valence-corrected chi connectivity index (χ0v) is 11.4. The van der Waals surface area contributed by atoms with E-state index in [1.807, 2.05) is 6.07 Å². The van der Waals surface area contributed by atoms with Crippen molar-refractivity contribution in [2.45, 2.75) is 25.8 Å². The minimum absolute atomic E-state index is 0.105. The Morgan fingerprint density at radius 2 is 2.20 bits per heavy atom. The van der Waals surface area contributed by atoms with Crippen LogP contribution in [0.1, 0.15) is 23.6 Å². The molecule has 0 N–H and O–H groups in total. The molecule has 108 valence electrons. The number of benzene rings is 1. The molecule has 1 aromatic carbocycles. The lowest BCUT2D eigenvalue weighted by Crippen LogP contribution is -2.11. The van der Waals surface area contributed by atoms with Crippen LogP contribution in [0.3, 0.4) is 0 Å². The van der Waals surface area contributed by atoms with Gasteiger partial charge in [0.1, 0.15) is 5.75 Å². The topological polar surface area (TPSA) is 59.3 Å². The number of nitriles is 1. The average Bonchev–Trinajstić information content (AvgIpc) is 2.37. The fourth-order valence-electron chi connectivity index (χ4n) is 1.65. The number of hydrogen-bond donors (Lipinski definition) is 0. The molecule has 4 nitrogen and oxygen atoms in total. The van der Waals surface area contributed by atoms with Gasteiger partial charge in [0.2, 0.25) is 0 Å². The standard InChI is InChI=1S/C13H12ClF2NO3/c1-2-19-12(18)5-9-3-8(7-17)4-11(10(9)6-14)20-13(15)16/h3-4,13H,2,5-6H2,1H3. The fourth-order valence-corrected chi connectivity index (χ4v) is 1.95. The molecule has 0 unspecified atom stereocenters. The van der Waals surface area contributed by atoms with E-state index in [4.69, 9.17) is 21.6 Å². The fraction of sp³-hybridized carbons (Fsp3) is 0.385. The predicted octanol–water partition coefficient (Wildman–Crippen LogP) is 3.00. The molecular formula is C13H12ClF2NO3. The molecule has 0 atom stereocenters. The number of esters is 1. The lowest BCUT2D eigenvalue weighted by Gasteiger charge is -2.14. The van der Waals surface area contributed by atoms with E-state index in [9.17, 15) is 13.6 Å². The minimum atomic E-state index is -3.04. The quantitative estimate of drug-likeness (QED) is 0.599. The van der Waals surface area contributed by atoms with E-state index in [-0.39, 0.29) is 35.8 Å². The first kappa shape index (κ1) is 16.2. The van der Waals surface area contributed by atoms with Crippen molar-refractivity contribution in [3.05, 3.63) is 28.8 Å². The van der Waals surface area contributed by atoms with Gasteiger partial charge in [-0.1, -0.05) is 0 Å². The molecule has 0 amide bonds. The molecule has 0 aliphatic heterocycles. The van der Waals surface area contributed by atoms with Crippen molar-refractivity contribution in [2.75, 3.05) is 6.61 Å². The number of alkyl halides is 3. The molecule has 0 aliphatic rings. The Morgan fingerprint density at radius 3 is 2.70 bits per heavy atom. The highest BCUT2D eigenvalue weighted by molar-refractivity contribution is 6.17. The summed E-state index contributed by atoms with van der Waals surface area (Å²) in [4.78, 5) is 11.5. The summed E-state index contributed by atoms with van der Waals surface area (Å²) in [7, 11) is 0. The van der Waals surface area contributed by atoms with Crippen LogP contribution in [0, 0.1) is 11.3 Å². The summed E-state index contributed by atoms with van der Waals surface area (Å²) in [6, 6.07) is 4.39. The number of rotatable bonds is 6. The van der Waals surface area contributed by atoms with Crippen molar-refractivity contribution in [2.24, 2.45) is 0 Å². The Balaban J connectivity index is 3.19. The van der Waals surface area contributed by atoms with E-state index in [1.54, 1.807) is 6.92 Å². The predicted molar refractivity (Wildman–Crippen MR) is 67.7 cm³/mol. The van der Waals surface area contributed by atoms with E-state index in [0.717, 1.165) is 0 Å². The molecule has 0 heterocycles. The molecule has 0 fully saturated rings. The highest BCUT2D eigenvalue weighted by Gasteiger charge is 2.17. The average molecular weight is 304 g/mol. The molecule has 1 aromatic rings. The van der Waals surface area contributed by atoms with E-state index >= 15 is 0 Å². The Labute approximate surface area is 119 Å². The monoisotopic (exact) mass is 303 g/mol. The van der Waals surface area contributed by atoms with Crippen molar-refractivity contribution in [3.63, 3.8) is 0 Å². The third kappa shape index (κ3) is 4.35. The van der Waals surface area contributed by atoms with Crippen LogP contribution in [0.4, 0.5) is 8.78 Å². The molecule has 0 bridgehead atoms. The highest BCUT2D eigenvalue weighted by atomic mass is 35.5. The smallest absolute Gasteiger partial charge is 0.387 e. The van der Waals surface area contributed by atoms with Crippen LogP contribution < -0.4 is 4.74 Å². The lowest BCUT2D eigenvalue weighted by atomic mass is 10.0. The number of nitrogens with zero attached hydrogens (tertiary/aromatic N) is 1. The van der Waals surface area contributed by atoms with Crippen LogP contribution in [0.2, 0.25) is 0 Å². The third-order valence-corrected chi connectivity index (χ3v) is 2.69. The third-order valence-electron chi connectivity index (χ3n) is 2.42. The zero-order valence-electron chi connectivity index (χ0n) is 10.7. The molecule has 0 saturated heterocycles. The minimum Gasteiger partial charge on any atom is -0.466 e. The molecule has 1 rings (SSSR count). The van der Waals surface area contributed by atoms with Crippen molar-refractivity contribution in [3.8, 4) is 11.8 Å². The summed E-state index contributed by atoms with van der Waals surface area (Å²) < 4.78 is 33.8. The Kier molecular flexibility index (Phi) is 6.19. The molecule has 0 saturated carbocycles. The number of halogens is 3. The maximum Gasteiger partial charge on any atom is 0.387 e. The second-order valence-electron chi connectivity index (χ2n) is 3.72. The largest absolute Gasteiger partial charge is 0.466 e. The van der Waals surface area contributed by atoms with Crippen LogP contribution >= 0.6 is 11.6 Å². The van der Waals surface area contributed by atoms with Crippen LogP contribution in [-0.2, 0) is 21.8 Å². The first-order valence-electron chi connectivity index (χ1n) is 5.74. The maximum absolute atomic E-state index is 12.3. The molecule has 0 aliphatic carbocycles. The molecular weight excluding hydrogens is 292 g/mol. The normalized spacial score (nSPS) is 10.2. The highest BCUT2D eigenvalue weighted by Crippen LogP contribution is 2.28. The van der Waals surface area contributed by atoms with Gasteiger partial charge in [-0.15, -0.1) is 11.6 Å². The van der Waals surface area contributed by atoms with Gasteiger partial charge in [-0.3, -0.25) is 4.79 Å². The summed E-state index contributed by atoms with van der Waals surface area (Å²) >= 11 is 5.72. The van der Waals surface area contributed by atoms with E-state index in [2.05, 4.69) is 4.74 Å². The second kappa shape index (κ2) is 7.65. The summed E-state index contributed by atoms with van der Waals surface area (Å²) in [5.41, 5.74) is 0.695. The lowest BCUT2D eigenvalue weighted by molar-refractivity contribution is -0.142. The SMILES string of the molecule is CCOC(=O)Cc1cc(C#N)cc(OC(F)F)c1CCl. The van der Waals surface area contributed by atoms with E-state index in [1.165, 1.54) is 12.1 Å². The van der Waals surface area contributed by atoms with Crippen molar-refractivity contribution in [1.82, 2.24) is 0 Å². The molecule has 20 heavy (non-hydrogen) atoms. The summed E-state index contributed by atoms with van der Waals surface area (Å²) in [6.07, 6.45) is -0.162. The summed E-state index contributed by atoms with van der Waals surface area (Å²) in [5, 5.41) is 8.88. The van der Waals surface area contributed by atoms with Gasteiger partial charge in [0.05, 0.1) is 30.5 Å². The first-order chi connectivity index (χ1) is 9.51. The Bertz CT molecular complexity index is 529. The van der Waals surface area contributed by atoms with Gasteiger partial charge in [-0.25, -0.2) is 0 Å². The first-order valence-corrected chi connectivity index (χ1v) is 6.27. The van der Waals surface area contributed by atoms with Crippen molar-refractivity contribution >= 4 is 17.6 Å². The van der Waals surface area contributed by atoms with Gasteiger partial charge in [-0.2, -0.15) is 14.0 Å². The van der Waals surface area contributed by atoms with Crippen LogP contribution in [0.25, 0.3) is 0 Å². The van der Waals surface area contributed by atoms with E-state index in [0.29, 0.717) is 5.56 Å². The molecule has 0 spiro atoms. The van der Waals surface area contributed by atoms with Gasteiger partial charge in [0.25, 0.3) is 0 Å². The zero-order chi connectivity index (χ0) is 15.1. The van der Waals surface area contributed by atoms with Crippen molar-refractivity contribution < 1.29 is 23.0 Å². The molecule has 7 heteroatoms. The second-order valence-corrected chi connectivity index (χ2v) is 3.99. The van der Waals surface area contributed by atoms with Gasteiger partial charge >= 0.3 is 12.6 Å². The number of ether oxygens (including phenoxy) is 2. The number of hydrogen-bond acceptors (Lipinski definition) is 4. The number of carbonyl (C=O) groups excluding carboxylic acids is 1. The Morgan fingerprint density at radius 1 is 1.50 bits per heavy atom. The van der Waals surface area contributed by atoms with Gasteiger partial charge < -0.3 is 9.47 Å². The van der Waals surface area contributed by atoms with Gasteiger partial charge in [0.15, 0.2) is 0 Å². The molecule has 0 radical (unpaired) electrons. The number of carbonyl (C=O) groups is 1. The van der Waals surface area contributed by atoms with Crippen LogP contribution in [0.5, 0.6) is 5.75 Å². The van der Waals surface area contributed by atoms with E-state index < -0.39 is 12.6 Å². The maximum atomic E-state index is 12.3.